The van der Waals surface area contributed by atoms with Crippen molar-refractivity contribution in [3.63, 3.8) is 0 Å². The maximum Gasteiger partial charge on any atom is 0.251 e. The highest BCUT2D eigenvalue weighted by Gasteiger charge is 2.24. The van der Waals surface area contributed by atoms with Gasteiger partial charge in [0.05, 0.1) is 5.75 Å². The van der Waals surface area contributed by atoms with Crippen molar-refractivity contribution in [3.05, 3.63) is 70.8 Å². The van der Waals surface area contributed by atoms with E-state index < -0.39 is 10.0 Å². The van der Waals surface area contributed by atoms with Gasteiger partial charge in [0.2, 0.25) is 10.0 Å². The molecule has 0 atom stereocenters. The molecule has 0 saturated carbocycles. The molecule has 31 heavy (non-hydrogen) atoms. The normalized spacial score (nSPS) is 15.2. The van der Waals surface area contributed by atoms with Gasteiger partial charge in [-0.1, -0.05) is 56.7 Å². The molecule has 1 saturated heterocycles. The molecule has 1 N–H and O–H groups in total. The van der Waals surface area contributed by atoms with E-state index in [2.05, 4.69) is 43.4 Å². The second-order valence-corrected chi connectivity index (χ2v) is 10.6. The molecule has 0 aliphatic carbocycles. The van der Waals surface area contributed by atoms with Crippen LogP contribution >= 0.6 is 0 Å². The average Bonchev–Trinajstić information content (AvgIpc) is 2.78. The van der Waals surface area contributed by atoms with Gasteiger partial charge in [-0.05, 0) is 60.4 Å². The first kappa shape index (κ1) is 23.5. The van der Waals surface area contributed by atoms with Gasteiger partial charge < -0.3 is 5.32 Å². The Morgan fingerprint density at radius 1 is 0.935 bits per heavy atom. The zero-order valence-corrected chi connectivity index (χ0v) is 19.5. The lowest BCUT2D eigenvalue weighted by Crippen LogP contribution is -2.36. The van der Waals surface area contributed by atoms with Gasteiger partial charge in [-0.2, -0.15) is 0 Å². The number of nitrogens with one attached hydrogen (secondary N) is 1. The minimum atomic E-state index is -3.29. The molecule has 0 radical (unpaired) electrons. The number of rotatable bonds is 9. The summed E-state index contributed by atoms with van der Waals surface area (Å²) >= 11 is 0. The van der Waals surface area contributed by atoms with E-state index in [0.717, 1.165) is 32.1 Å². The lowest BCUT2D eigenvalue weighted by Gasteiger charge is -2.25. The molecule has 1 fully saturated rings. The topological polar surface area (TPSA) is 66.5 Å². The van der Waals surface area contributed by atoms with E-state index in [0.29, 0.717) is 36.7 Å². The monoisotopic (exact) mass is 442 g/mol. The van der Waals surface area contributed by atoms with Crippen LogP contribution in [0.15, 0.2) is 48.5 Å². The summed E-state index contributed by atoms with van der Waals surface area (Å²) in [5.41, 5.74) is 3.88. The van der Waals surface area contributed by atoms with Gasteiger partial charge in [0, 0.05) is 25.2 Å². The standard InChI is InChI=1S/C25H34N2O3S/c1-20(2)23-12-8-21(9-13-23)7-6-16-26-25(28)24-14-10-22(11-15-24)19-31(29,30)27-17-4-3-5-18-27/h8-15,20H,3-7,16-19H2,1-2H3,(H,26,28). The van der Waals surface area contributed by atoms with Crippen LogP contribution in [0.25, 0.3) is 0 Å². The van der Waals surface area contributed by atoms with E-state index in [1.165, 1.54) is 11.1 Å². The minimum absolute atomic E-state index is 0.00943. The van der Waals surface area contributed by atoms with Gasteiger partial charge in [-0.15, -0.1) is 0 Å². The number of benzene rings is 2. The molecule has 0 bridgehead atoms. The van der Waals surface area contributed by atoms with Crippen LogP contribution in [0.5, 0.6) is 0 Å². The maximum atomic E-state index is 12.6. The zero-order chi connectivity index (χ0) is 22.3. The minimum Gasteiger partial charge on any atom is -0.352 e. The molecule has 3 rings (SSSR count). The zero-order valence-electron chi connectivity index (χ0n) is 18.6. The summed E-state index contributed by atoms with van der Waals surface area (Å²) in [6, 6.07) is 15.6. The van der Waals surface area contributed by atoms with Crippen LogP contribution in [-0.2, 0) is 22.2 Å². The molecule has 1 amide bonds. The molecule has 1 aliphatic rings. The Balaban J connectivity index is 1.44. The molecule has 0 aromatic heterocycles. The Hall–Kier alpha value is -2.18. The van der Waals surface area contributed by atoms with E-state index >= 15 is 0 Å². The summed E-state index contributed by atoms with van der Waals surface area (Å²) in [7, 11) is -3.29. The highest BCUT2D eigenvalue weighted by molar-refractivity contribution is 7.88. The van der Waals surface area contributed by atoms with Gasteiger partial charge in [-0.3, -0.25) is 4.79 Å². The molecule has 1 heterocycles. The lowest BCUT2D eigenvalue weighted by molar-refractivity contribution is 0.0953. The van der Waals surface area contributed by atoms with E-state index in [1.54, 1.807) is 28.6 Å². The van der Waals surface area contributed by atoms with Crippen molar-refractivity contribution in [1.82, 2.24) is 9.62 Å². The summed E-state index contributed by atoms with van der Waals surface area (Å²) in [6.07, 6.45) is 4.76. The first-order valence-electron chi connectivity index (χ1n) is 11.3. The molecule has 5 nitrogen and oxygen atoms in total. The van der Waals surface area contributed by atoms with Crippen molar-refractivity contribution in [1.29, 1.82) is 0 Å². The summed E-state index contributed by atoms with van der Waals surface area (Å²) in [6.45, 7) is 6.21. The summed E-state index contributed by atoms with van der Waals surface area (Å²) in [4.78, 5) is 12.4. The van der Waals surface area contributed by atoms with Crippen LogP contribution in [0.3, 0.4) is 0 Å². The van der Waals surface area contributed by atoms with Gasteiger partial charge in [0.1, 0.15) is 0 Å². The third-order valence-electron chi connectivity index (χ3n) is 5.85. The Morgan fingerprint density at radius 2 is 1.55 bits per heavy atom. The molecular formula is C25H34N2O3S. The van der Waals surface area contributed by atoms with E-state index in [-0.39, 0.29) is 11.7 Å². The van der Waals surface area contributed by atoms with Crippen molar-refractivity contribution < 1.29 is 13.2 Å². The number of amides is 1. The Morgan fingerprint density at radius 3 is 2.16 bits per heavy atom. The second-order valence-electron chi connectivity index (χ2n) is 8.67. The fraction of sp³-hybridized carbons (Fsp3) is 0.480. The van der Waals surface area contributed by atoms with Crippen molar-refractivity contribution in [3.8, 4) is 0 Å². The van der Waals surface area contributed by atoms with Crippen LogP contribution in [0.4, 0.5) is 0 Å². The van der Waals surface area contributed by atoms with Gasteiger partial charge in [0.25, 0.3) is 5.91 Å². The number of sulfonamides is 1. The second kappa shape index (κ2) is 10.9. The highest BCUT2D eigenvalue weighted by atomic mass is 32.2. The number of carbonyl (C=O) groups excluding carboxylic acids is 1. The highest BCUT2D eigenvalue weighted by Crippen LogP contribution is 2.18. The average molecular weight is 443 g/mol. The molecule has 168 valence electrons. The third-order valence-corrected chi connectivity index (χ3v) is 7.70. The van der Waals surface area contributed by atoms with E-state index in [4.69, 9.17) is 0 Å². The van der Waals surface area contributed by atoms with Crippen molar-refractivity contribution in [2.45, 2.75) is 57.6 Å². The number of hydrogen-bond donors (Lipinski definition) is 1. The van der Waals surface area contributed by atoms with Gasteiger partial charge >= 0.3 is 0 Å². The first-order chi connectivity index (χ1) is 14.8. The van der Waals surface area contributed by atoms with Crippen LogP contribution in [-0.4, -0.2) is 38.3 Å². The number of piperidine rings is 1. The maximum absolute atomic E-state index is 12.6. The van der Waals surface area contributed by atoms with Crippen LogP contribution in [0, 0.1) is 0 Å². The number of carbonyl (C=O) groups is 1. The van der Waals surface area contributed by atoms with Crippen molar-refractivity contribution >= 4 is 15.9 Å². The van der Waals surface area contributed by atoms with Gasteiger partial charge in [0.15, 0.2) is 0 Å². The largest absolute Gasteiger partial charge is 0.352 e. The number of aryl methyl sites for hydroxylation is 1. The lowest BCUT2D eigenvalue weighted by atomic mass is 10.0. The molecular weight excluding hydrogens is 408 g/mol. The van der Waals surface area contributed by atoms with Crippen LogP contribution in [0.1, 0.15) is 72.5 Å². The molecule has 0 unspecified atom stereocenters. The van der Waals surface area contributed by atoms with Crippen LogP contribution in [0.2, 0.25) is 0 Å². The van der Waals surface area contributed by atoms with E-state index in [9.17, 15) is 13.2 Å². The van der Waals surface area contributed by atoms with Gasteiger partial charge in [-0.25, -0.2) is 12.7 Å². The molecule has 2 aromatic rings. The van der Waals surface area contributed by atoms with E-state index in [1.807, 2.05) is 0 Å². The molecule has 2 aromatic carbocycles. The van der Waals surface area contributed by atoms with Crippen molar-refractivity contribution in [2.75, 3.05) is 19.6 Å². The predicted molar refractivity (Wildman–Crippen MR) is 126 cm³/mol. The summed E-state index contributed by atoms with van der Waals surface area (Å²) in [5.74, 6) is 0.398. The smallest absolute Gasteiger partial charge is 0.251 e. The third kappa shape index (κ3) is 6.91. The Labute approximate surface area is 186 Å². The SMILES string of the molecule is CC(C)c1ccc(CCCNC(=O)c2ccc(CS(=O)(=O)N3CCCCC3)cc2)cc1. The molecule has 1 aliphatic heterocycles. The first-order valence-corrected chi connectivity index (χ1v) is 12.9. The fourth-order valence-corrected chi connectivity index (χ4v) is 5.47. The predicted octanol–water partition coefficient (Wildman–Crippen LogP) is 4.49. The molecule has 0 spiro atoms. The van der Waals surface area contributed by atoms with Crippen molar-refractivity contribution in [2.24, 2.45) is 0 Å². The Kier molecular flexibility index (Phi) is 8.27. The fourth-order valence-electron chi connectivity index (χ4n) is 3.86. The Bertz CT molecular complexity index is 945. The number of hydrogen-bond acceptors (Lipinski definition) is 3. The summed E-state index contributed by atoms with van der Waals surface area (Å²) in [5, 5.41) is 2.95. The quantitative estimate of drug-likeness (QED) is 0.582. The number of nitrogens with zero attached hydrogens (tertiary/aromatic N) is 1. The molecule has 6 heteroatoms. The van der Waals surface area contributed by atoms with Crippen LogP contribution < -0.4 is 5.32 Å². The summed E-state index contributed by atoms with van der Waals surface area (Å²) < 4.78 is 26.7.